The maximum Gasteiger partial charge on any atom is 0.221 e. The fourth-order valence-corrected chi connectivity index (χ4v) is 2.42. The molecule has 7 heteroatoms. The number of amides is 1. The zero-order valence-electron chi connectivity index (χ0n) is 14.2. The second-order valence-electron chi connectivity index (χ2n) is 5.80. The molecule has 1 aliphatic rings. The van der Waals surface area contributed by atoms with Gasteiger partial charge in [0.1, 0.15) is 0 Å². The maximum atomic E-state index is 11.5. The predicted molar refractivity (Wildman–Crippen MR) is 103 cm³/mol. The average molecular weight is 425 g/mol. The van der Waals surface area contributed by atoms with E-state index in [2.05, 4.69) is 25.8 Å². The first-order valence-electron chi connectivity index (χ1n) is 8.08. The van der Waals surface area contributed by atoms with Crippen molar-refractivity contribution in [3.05, 3.63) is 0 Å². The molecule has 0 unspecified atom stereocenters. The van der Waals surface area contributed by atoms with Crippen LogP contribution in [0.15, 0.2) is 4.99 Å². The Bertz CT molecular complexity index is 330. The second-order valence-corrected chi connectivity index (χ2v) is 5.80. The molecule has 0 radical (unpaired) electrons. The molecule has 1 heterocycles. The van der Waals surface area contributed by atoms with Gasteiger partial charge >= 0.3 is 0 Å². The third kappa shape index (κ3) is 10.2. The number of piperidine rings is 1. The molecule has 22 heavy (non-hydrogen) atoms. The van der Waals surface area contributed by atoms with E-state index in [1.807, 2.05) is 13.8 Å². The van der Waals surface area contributed by atoms with Crippen molar-refractivity contribution >= 4 is 35.8 Å². The van der Waals surface area contributed by atoms with Gasteiger partial charge < -0.3 is 20.9 Å². The van der Waals surface area contributed by atoms with Gasteiger partial charge in [-0.25, -0.2) is 0 Å². The Kier molecular flexibility index (Phi) is 12.6. The third-order valence-electron chi connectivity index (χ3n) is 3.49. The van der Waals surface area contributed by atoms with Gasteiger partial charge in [-0.15, -0.1) is 24.0 Å². The molecular formula is C15H32IN5O. The topological polar surface area (TPSA) is 68.8 Å². The van der Waals surface area contributed by atoms with Gasteiger partial charge in [-0.1, -0.05) is 6.42 Å². The lowest BCUT2D eigenvalue weighted by Gasteiger charge is -2.26. The molecule has 0 saturated carbocycles. The highest BCUT2D eigenvalue weighted by molar-refractivity contribution is 14.0. The predicted octanol–water partition coefficient (Wildman–Crippen LogP) is 1.17. The molecule has 130 valence electrons. The van der Waals surface area contributed by atoms with Crippen LogP contribution in [0.4, 0.5) is 0 Å². The van der Waals surface area contributed by atoms with Crippen molar-refractivity contribution in [2.75, 3.05) is 39.8 Å². The number of halogens is 1. The summed E-state index contributed by atoms with van der Waals surface area (Å²) in [6.07, 6.45) is 4.46. The van der Waals surface area contributed by atoms with Crippen LogP contribution in [0, 0.1) is 0 Å². The van der Waals surface area contributed by atoms with Crippen molar-refractivity contribution in [2.45, 2.75) is 45.6 Å². The van der Waals surface area contributed by atoms with Gasteiger partial charge in [-0.3, -0.25) is 9.79 Å². The zero-order valence-corrected chi connectivity index (χ0v) is 16.5. The summed E-state index contributed by atoms with van der Waals surface area (Å²) >= 11 is 0. The van der Waals surface area contributed by atoms with E-state index in [1.54, 1.807) is 7.05 Å². The summed E-state index contributed by atoms with van der Waals surface area (Å²) in [5.41, 5.74) is 0. The van der Waals surface area contributed by atoms with Gasteiger partial charge in [-0.05, 0) is 39.8 Å². The number of likely N-dealkylation sites (tertiary alicyclic amines) is 1. The van der Waals surface area contributed by atoms with Crippen LogP contribution in [0.25, 0.3) is 0 Å². The number of hydrogen-bond acceptors (Lipinski definition) is 3. The Morgan fingerprint density at radius 3 is 2.36 bits per heavy atom. The van der Waals surface area contributed by atoms with E-state index in [-0.39, 0.29) is 35.9 Å². The molecule has 0 aromatic rings. The molecule has 1 saturated heterocycles. The Hall–Kier alpha value is -0.570. The van der Waals surface area contributed by atoms with Crippen LogP contribution in [0.5, 0.6) is 0 Å². The quantitative estimate of drug-likeness (QED) is 0.326. The monoisotopic (exact) mass is 425 g/mol. The molecule has 1 aliphatic heterocycles. The number of aliphatic imine (C=N–C) groups is 1. The van der Waals surface area contributed by atoms with E-state index in [4.69, 9.17) is 0 Å². The Morgan fingerprint density at radius 1 is 1.14 bits per heavy atom. The largest absolute Gasteiger partial charge is 0.356 e. The van der Waals surface area contributed by atoms with Crippen LogP contribution >= 0.6 is 24.0 Å². The summed E-state index contributed by atoms with van der Waals surface area (Å²) in [6, 6.07) is 0.194. The van der Waals surface area contributed by atoms with E-state index in [9.17, 15) is 4.79 Å². The zero-order chi connectivity index (χ0) is 15.5. The molecule has 0 aromatic carbocycles. The molecule has 0 bridgehead atoms. The van der Waals surface area contributed by atoms with E-state index in [0.29, 0.717) is 13.0 Å². The Labute approximate surface area is 151 Å². The van der Waals surface area contributed by atoms with Gasteiger partial charge in [0.05, 0.1) is 0 Å². The molecule has 6 nitrogen and oxygen atoms in total. The minimum atomic E-state index is 0. The number of carbonyl (C=O) groups is 1. The lowest BCUT2D eigenvalue weighted by molar-refractivity contribution is -0.121. The van der Waals surface area contributed by atoms with Gasteiger partial charge in [0.15, 0.2) is 5.96 Å². The molecule has 0 atom stereocenters. The normalized spacial score (nSPS) is 16.1. The highest BCUT2D eigenvalue weighted by Crippen LogP contribution is 2.07. The fourth-order valence-electron chi connectivity index (χ4n) is 2.42. The summed E-state index contributed by atoms with van der Waals surface area (Å²) < 4.78 is 0. The van der Waals surface area contributed by atoms with Gasteiger partial charge in [0.2, 0.25) is 5.91 Å². The number of hydrogen-bond donors (Lipinski definition) is 3. The Balaban J connectivity index is 0.00000441. The van der Waals surface area contributed by atoms with Crippen LogP contribution in [0.2, 0.25) is 0 Å². The van der Waals surface area contributed by atoms with Crippen molar-refractivity contribution < 1.29 is 4.79 Å². The van der Waals surface area contributed by atoms with Gasteiger partial charge in [-0.2, -0.15) is 0 Å². The molecule has 1 rings (SSSR count). The molecule has 0 aliphatic carbocycles. The first kappa shape index (κ1) is 21.4. The maximum absolute atomic E-state index is 11.5. The minimum absolute atomic E-state index is 0. The van der Waals surface area contributed by atoms with Crippen molar-refractivity contribution in [1.82, 2.24) is 20.9 Å². The van der Waals surface area contributed by atoms with Crippen molar-refractivity contribution in [3.8, 4) is 0 Å². The first-order valence-corrected chi connectivity index (χ1v) is 8.08. The average Bonchev–Trinajstić information content (AvgIpc) is 2.46. The van der Waals surface area contributed by atoms with Crippen LogP contribution in [0.1, 0.15) is 39.5 Å². The van der Waals surface area contributed by atoms with Crippen LogP contribution in [0.3, 0.4) is 0 Å². The van der Waals surface area contributed by atoms with E-state index >= 15 is 0 Å². The number of carbonyl (C=O) groups excluding carboxylic acids is 1. The lowest BCUT2D eigenvalue weighted by Crippen LogP contribution is -2.43. The summed E-state index contributed by atoms with van der Waals surface area (Å²) in [5, 5.41) is 9.34. The number of rotatable bonds is 7. The minimum Gasteiger partial charge on any atom is -0.356 e. The summed E-state index contributed by atoms with van der Waals surface area (Å²) in [4.78, 5) is 18.2. The highest BCUT2D eigenvalue weighted by atomic mass is 127. The molecule has 3 N–H and O–H groups in total. The smallest absolute Gasteiger partial charge is 0.221 e. The van der Waals surface area contributed by atoms with Crippen LogP contribution in [-0.4, -0.2) is 62.6 Å². The third-order valence-corrected chi connectivity index (χ3v) is 3.49. The van der Waals surface area contributed by atoms with Crippen molar-refractivity contribution in [2.24, 2.45) is 4.99 Å². The number of nitrogens with zero attached hydrogens (tertiary/aromatic N) is 2. The van der Waals surface area contributed by atoms with E-state index < -0.39 is 0 Å². The van der Waals surface area contributed by atoms with Crippen LogP contribution < -0.4 is 16.0 Å². The second kappa shape index (κ2) is 12.9. The summed E-state index contributed by atoms with van der Waals surface area (Å²) in [6.45, 7) is 8.89. The van der Waals surface area contributed by atoms with Crippen molar-refractivity contribution in [3.63, 3.8) is 0 Å². The van der Waals surface area contributed by atoms with E-state index in [0.717, 1.165) is 19.0 Å². The van der Waals surface area contributed by atoms with Crippen molar-refractivity contribution in [1.29, 1.82) is 0 Å². The fraction of sp³-hybridized carbons (Fsp3) is 0.867. The summed E-state index contributed by atoms with van der Waals surface area (Å²) in [7, 11) is 1.75. The number of nitrogens with one attached hydrogen (secondary N) is 3. The standard InChI is InChI=1S/C15H31N5O.HI/c1-13(2)19-14(21)7-8-17-15(16-3)18-9-12-20-10-5-4-6-11-20;/h13H,4-12H2,1-3H3,(H,19,21)(H2,16,17,18);1H. The first-order chi connectivity index (χ1) is 10.1. The molecular weight excluding hydrogens is 393 g/mol. The van der Waals surface area contributed by atoms with Crippen LogP contribution in [-0.2, 0) is 4.79 Å². The molecule has 0 spiro atoms. The SMILES string of the molecule is CN=C(NCCC(=O)NC(C)C)NCCN1CCCCC1.I. The Morgan fingerprint density at radius 2 is 1.77 bits per heavy atom. The highest BCUT2D eigenvalue weighted by Gasteiger charge is 2.09. The molecule has 1 amide bonds. The number of guanidine groups is 1. The van der Waals surface area contributed by atoms with Gasteiger partial charge in [0.25, 0.3) is 0 Å². The summed E-state index contributed by atoms with van der Waals surface area (Å²) in [5.74, 6) is 0.839. The van der Waals surface area contributed by atoms with Gasteiger partial charge in [0, 0.05) is 39.1 Å². The lowest BCUT2D eigenvalue weighted by atomic mass is 10.1. The van der Waals surface area contributed by atoms with E-state index in [1.165, 1.54) is 32.4 Å². The molecule has 0 aromatic heterocycles. The molecule has 1 fully saturated rings.